The molecule has 0 aliphatic carbocycles. The minimum atomic E-state index is -0.482. The van der Waals surface area contributed by atoms with E-state index in [0.29, 0.717) is 13.1 Å². The van der Waals surface area contributed by atoms with E-state index < -0.39 is 11.7 Å². The molecular weight excluding hydrogens is 507 g/mol. The zero-order valence-electron chi connectivity index (χ0n) is 18.9. The molecular formula is C22H35IN6O2. The Bertz CT molecular complexity index is 785. The van der Waals surface area contributed by atoms with Gasteiger partial charge in [-0.3, -0.25) is 4.99 Å². The Labute approximate surface area is 202 Å². The van der Waals surface area contributed by atoms with Crippen molar-refractivity contribution in [1.82, 2.24) is 25.7 Å². The van der Waals surface area contributed by atoms with Crippen LogP contribution in [0.15, 0.2) is 47.7 Å². The van der Waals surface area contributed by atoms with Gasteiger partial charge in [-0.15, -0.1) is 24.0 Å². The number of benzene rings is 1. The van der Waals surface area contributed by atoms with Gasteiger partial charge in [0, 0.05) is 38.6 Å². The number of rotatable bonds is 9. The van der Waals surface area contributed by atoms with Crippen LogP contribution in [0.25, 0.3) is 5.69 Å². The Kier molecular flexibility index (Phi) is 12.0. The summed E-state index contributed by atoms with van der Waals surface area (Å²) in [5.41, 5.74) is 1.81. The van der Waals surface area contributed by atoms with Crippen LogP contribution in [0.4, 0.5) is 4.79 Å². The van der Waals surface area contributed by atoms with Gasteiger partial charge in [0.1, 0.15) is 5.60 Å². The topological polar surface area (TPSA) is 92.6 Å². The number of guanidine groups is 1. The van der Waals surface area contributed by atoms with Crippen LogP contribution in [0.2, 0.25) is 0 Å². The second kappa shape index (κ2) is 13.9. The van der Waals surface area contributed by atoms with E-state index in [1.54, 1.807) is 6.20 Å². The molecule has 0 aliphatic heterocycles. The van der Waals surface area contributed by atoms with Crippen molar-refractivity contribution in [2.75, 3.05) is 26.2 Å². The molecule has 0 saturated carbocycles. The molecule has 2 aromatic rings. The Morgan fingerprint density at radius 3 is 2.48 bits per heavy atom. The molecule has 0 fully saturated rings. The molecule has 0 aliphatic rings. The maximum Gasteiger partial charge on any atom is 0.407 e. The number of ether oxygens (including phenoxy) is 1. The van der Waals surface area contributed by atoms with E-state index in [2.05, 4.69) is 50.3 Å². The summed E-state index contributed by atoms with van der Waals surface area (Å²) in [6.07, 6.45) is 4.94. The van der Waals surface area contributed by atoms with Gasteiger partial charge in [-0.25, -0.2) is 9.48 Å². The fraction of sp³-hybridized carbons (Fsp3) is 0.500. The number of hydrogen-bond donors (Lipinski definition) is 3. The molecule has 0 unspecified atom stereocenters. The minimum Gasteiger partial charge on any atom is -0.444 e. The number of amides is 1. The number of carbonyl (C=O) groups is 1. The van der Waals surface area contributed by atoms with E-state index in [0.717, 1.165) is 37.6 Å². The molecule has 0 radical (unpaired) electrons. The SMILES string of the molecule is CCNC(=NCCCNC(=O)OC(C)(C)C)NCCc1ccc(-n2cccn2)cc1.I. The van der Waals surface area contributed by atoms with Gasteiger partial charge in [0.2, 0.25) is 0 Å². The summed E-state index contributed by atoms with van der Waals surface area (Å²) < 4.78 is 7.05. The number of alkyl carbamates (subject to hydrolysis) is 1. The summed E-state index contributed by atoms with van der Waals surface area (Å²) in [5.74, 6) is 0.780. The van der Waals surface area contributed by atoms with Gasteiger partial charge in [0.05, 0.1) is 5.69 Å². The van der Waals surface area contributed by atoms with Crippen molar-refractivity contribution in [3.05, 3.63) is 48.3 Å². The van der Waals surface area contributed by atoms with Crippen LogP contribution in [0.5, 0.6) is 0 Å². The Hall–Kier alpha value is -2.30. The van der Waals surface area contributed by atoms with Gasteiger partial charge in [-0.1, -0.05) is 12.1 Å². The summed E-state index contributed by atoms with van der Waals surface area (Å²) in [6, 6.07) is 10.3. The van der Waals surface area contributed by atoms with Gasteiger partial charge < -0.3 is 20.7 Å². The minimum absolute atomic E-state index is 0. The third-order valence-corrected chi connectivity index (χ3v) is 4.03. The normalized spacial score (nSPS) is 11.4. The van der Waals surface area contributed by atoms with Gasteiger partial charge in [0.25, 0.3) is 0 Å². The number of hydrogen-bond acceptors (Lipinski definition) is 4. The van der Waals surface area contributed by atoms with Crippen molar-refractivity contribution >= 4 is 36.0 Å². The molecule has 9 heteroatoms. The fourth-order valence-corrected chi connectivity index (χ4v) is 2.68. The van der Waals surface area contributed by atoms with Crippen molar-refractivity contribution in [1.29, 1.82) is 0 Å². The Balaban J connectivity index is 0.00000480. The standard InChI is InChI=1S/C22H34N6O2.HI/c1-5-23-20(24-13-6-14-26-21(29)30-22(2,3)4)25-16-12-18-8-10-19(11-9-18)28-17-7-15-27-28;/h7-11,15,17H,5-6,12-14,16H2,1-4H3,(H,26,29)(H2,23,24,25);1H. The first-order valence-electron chi connectivity index (χ1n) is 10.5. The molecule has 0 atom stereocenters. The average molecular weight is 542 g/mol. The zero-order chi connectivity index (χ0) is 21.8. The van der Waals surface area contributed by atoms with Crippen molar-refractivity contribution in [3.8, 4) is 5.69 Å². The third kappa shape index (κ3) is 11.0. The van der Waals surface area contributed by atoms with E-state index in [1.807, 2.05) is 44.6 Å². The van der Waals surface area contributed by atoms with Crippen molar-refractivity contribution < 1.29 is 9.53 Å². The Morgan fingerprint density at radius 2 is 1.87 bits per heavy atom. The maximum atomic E-state index is 11.6. The van der Waals surface area contributed by atoms with E-state index >= 15 is 0 Å². The Morgan fingerprint density at radius 1 is 1.13 bits per heavy atom. The molecule has 172 valence electrons. The molecule has 0 saturated heterocycles. The van der Waals surface area contributed by atoms with Gasteiger partial charge in [-0.05, 0) is 64.3 Å². The first-order valence-corrected chi connectivity index (χ1v) is 10.5. The molecule has 1 amide bonds. The number of carbonyl (C=O) groups excluding carboxylic acids is 1. The summed E-state index contributed by atoms with van der Waals surface area (Å²) in [5, 5.41) is 13.6. The first kappa shape index (κ1) is 26.7. The molecule has 1 heterocycles. The first-order chi connectivity index (χ1) is 14.4. The summed E-state index contributed by atoms with van der Waals surface area (Å²) >= 11 is 0. The second-order valence-corrected chi connectivity index (χ2v) is 7.84. The molecule has 1 aromatic heterocycles. The van der Waals surface area contributed by atoms with Crippen molar-refractivity contribution in [2.45, 2.75) is 46.1 Å². The van der Waals surface area contributed by atoms with Crippen molar-refractivity contribution in [3.63, 3.8) is 0 Å². The zero-order valence-corrected chi connectivity index (χ0v) is 21.2. The number of aliphatic imine (C=N–C) groups is 1. The molecule has 8 nitrogen and oxygen atoms in total. The number of nitrogens with zero attached hydrogens (tertiary/aromatic N) is 3. The monoisotopic (exact) mass is 542 g/mol. The van der Waals surface area contributed by atoms with Crippen LogP contribution >= 0.6 is 24.0 Å². The molecule has 1 aromatic carbocycles. The highest BCUT2D eigenvalue weighted by molar-refractivity contribution is 14.0. The van der Waals surface area contributed by atoms with Gasteiger partial charge in [-0.2, -0.15) is 5.10 Å². The summed E-state index contributed by atoms with van der Waals surface area (Å²) in [6.45, 7) is 10.3. The second-order valence-electron chi connectivity index (χ2n) is 7.84. The molecule has 31 heavy (non-hydrogen) atoms. The lowest BCUT2D eigenvalue weighted by Gasteiger charge is -2.19. The number of nitrogens with one attached hydrogen (secondary N) is 3. The van der Waals surface area contributed by atoms with E-state index in [-0.39, 0.29) is 24.0 Å². The number of aromatic nitrogens is 2. The summed E-state index contributed by atoms with van der Waals surface area (Å²) in [7, 11) is 0. The highest BCUT2D eigenvalue weighted by Crippen LogP contribution is 2.09. The van der Waals surface area contributed by atoms with Crippen LogP contribution in [0.3, 0.4) is 0 Å². The third-order valence-electron chi connectivity index (χ3n) is 4.03. The van der Waals surface area contributed by atoms with Crippen LogP contribution in [0, 0.1) is 0 Å². The van der Waals surface area contributed by atoms with Crippen LogP contribution in [-0.2, 0) is 11.2 Å². The predicted octanol–water partition coefficient (Wildman–Crippen LogP) is 3.50. The molecule has 2 rings (SSSR count). The number of halogens is 1. The predicted molar refractivity (Wildman–Crippen MR) is 136 cm³/mol. The quantitative estimate of drug-likeness (QED) is 0.195. The maximum absolute atomic E-state index is 11.6. The highest BCUT2D eigenvalue weighted by atomic mass is 127. The van der Waals surface area contributed by atoms with Crippen molar-refractivity contribution in [2.24, 2.45) is 4.99 Å². The van der Waals surface area contributed by atoms with E-state index in [1.165, 1.54) is 5.56 Å². The van der Waals surface area contributed by atoms with Crippen LogP contribution < -0.4 is 16.0 Å². The van der Waals surface area contributed by atoms with E-state index in [9.17, 15) is 4.79 Å². The summed E-state index contributed by atoms with van der Waals surface area (Å²) in [4.78, 5) is 16.2. The van der Waals surface area contributed by atoms with Crippen LogP contribution in [0.1, 0.15) is 39.7 Å². The lowest BCUT2D eigenvalue weighted by molar-refractivity contribution is 0.0527. The largest absolute Gasteiger partial charge is 0.444 e. The molecule has 0 bridgehead atoms. The molecule has 3 N–H and O–H groups in total. The average Bonchev–Trinajstić information content (AvgIpc) is 3.21. The van der Waals surface area contributed by atoms with Gasteiger partial charge in [0.15, 0.2) is 5.96 Å². The fourth-order valence-electron chi connectivity index (χ4n) is 2.68. The highest BCUT2D eigenvalue weighted by Gasteiger charge is 2.15. The smallest absolute Gasteiger partial charge is 0.407 e. The van der Waals surface area contributed by atoms with E-state index in [4.69, 9.17) is 4.74 Å². The molecule has 0 spiro atoms. The van der Waals surface area contributed by atoms with Crippen LogP contribution in [-0.4, -0.2) is 53.6 Å². The lowest BCUT2D eigenvalue weighted by atomic mass is 10.1. The lowest BCUT2D eigenvalue weighted by Crippen LogP contribution is -2.38. The van der Waals surface area contributed by atoms with Gasteiger partial charge >= 0.3 is 6.09 Å².